The van der Waals surface area contributed by atoms with Crippen molar-refractivity contribution in [2.75, 3.05) is 26.4 Å². The number of phosphoric ester groups is 1. The summed E-state index contributed by atoms with van der Waals surface area (Å²) in [4.78, 5) is 48.4. The van der Waals surface area contributed by atoms with E-state index in [0.29, 0.717) is 19.3 Å². The van der Waals surface area contributed by atoms with Crippen LogP contribution in [0.5, 0.6) is 0 Å². The zero-order valence-corrected chi connectivity index (χ0v) is 46.0. The summed E-state index contributed by atoms with van der Waals surface area (Å²) in [5, 5.41) is 9.80. The minimum atomic E-state index is -4.78. The first-order valence-electron chi connectivity index (χ1n) is 27.8. The maximum atomic E-state index is 12.9. The van der Waals surface area contributed by atoms with E-state index in [0.717, 1.165) is 116 Å². The third-order valence-electron chi connectivity index (χ3n) is 11.2. The van der Waals surface area contributed by atoms with E-state index in [9.17, 15) is 28.9 Å². The minimum Gasteiger partial charge on any atom is -0.461 e. The maximum Gasteiger partial charge on any atom is 0.472 e. The molecule has 3 unspecified atom stereocenters. The van der Waals surface area contributed by atoms with Gasteiger partial charge in [0.1, 0.15) is 12.7 Å². The van der Waals surface area contributed by atoms with Gasteiger partial charge in [-0.05, 0) is 103 Å². The third-order valence-corrected chi connectivity index (χ3v) is 12.1. The molecule has 72 heavy (non-hydrogen) atoms. The van der Waals surface area contributed by atoms with E-state index in [2.05, 4.69) is 112 Å². The molecule has 0 radical (unpaired) electrons. The summed E-state index contributed by atoms with van der Waals surface area (Å²) < 4.78 is 39.3. The molecule has 0 aliphatic carbocycles. The minimum absolute atomic E-state index is 0.0149. The highest BCUT2D eigenvalue weighted by Crippen LogP contribution is 2.43. The second-order valence-corrected chi connectivity index (χ2v) is 19.4. The Kier molecular flexibility index (Phi) is 50.6. The van der Waals surface area contributed by atoms with Crippen LogP contribution in [0.3, 0.4) is 0 Å². The lowest BCUT2D eigenvalue weighted by atomic mass is 10.1. The molecule has 0 aliphatic rings. The number of hydrogen-bond donors (Lipinski definition) is 2. The van der Waals surface area contributed by atoms with Crippen molar-refractivity contribution in [2.45, 2.75) is 226 Å². The topological polar surface area (TPSA) is 155 Å². The van der Waals surface area contributed by atoms with Crippen LogP contribution in [0.25, 0.3) is 0 Å². The van der Waals surface area contributed by atoms with Gasteiger partial charge in [-0.25, -0.2) is 4.57 Å². The Balaban J connectivity index is 4.86. The van der Waals surface area contributed by atoms with Crippen molar-refractivity contribution in [2.24, 2.45) is 0 Å². The van der Waals surface area contributed by atoms with Crippen LogP contribution in [-0.2, 0) is 42.2 Å². The smallest absolute Gasteiger partial charge is 0.461 e. The number of allylic oxidation sites excluding steroid dienone is 17. The Morgan fingerprint density at radius 1 is 0.417 bits per heavy atom. The van der Waals surface area contributed by atoms with Gasteiger partial charge in [0, 0.05) is 12.8 Å². The summed E-state index contributed by atoms with van der Waals surface area (Å²) in [5.74, 6) is -1.66. The van der Waals surface area contributed by atoms with Crippen molar-refractivity contribution in [3.8, 4) is 0 Å². The monoisotopic (exact) mass is 1030 g/mol. The molecule has 2 N–H and O–H groups in total. The van der Waals surface area contributed by atoms with Crippen LogP contribution in [0.2, 0.25) is 0 Å². The quantitative estimate of drug-likeness (QED) is 0.0197. The molecule has 0 heterocycles. The van der Waals surface area contributed by atoms with E-state index in [1.807, 2.05) is 12.2 Å². The highest BCUT2D eigenvalue weighted by Gasteiger charge is 2.28. The lowest BCUT2D eigenvalue weighted by Gasteiger charge is -2.21. The number of carbonyl (C=O) groups is 3. The molecule has 0 bridgehead atoms. The maximum absolute atomic E-state index is 12.9. The Morgan fingerprint density at radius 2 is 0.764 bits per heavy atom. The zero-order valence-electron chi connectivity index (χ0n) is 45.1. The van der Waals surface area contributed by atoms with Crippen LogP contribution in [-0.4, -0.2) is 66.5 Å². The Labute approximate surface area is 437 Å². The normalized spacial score (nSPS) is 14.2. The van der Waals surface area contributed by atoms with Crippen LogP contribution in [0.4, 0.5) is 0 Å². The first kappa shape index (κ1) is 68.1. The average molecular weight is 1030 g/mol. The number of phosphoric acid groups is 1. The number of carbonyl (C=O) groups excluding carboxylic acids is 3. The van der Waals surface area contributed by atoms with E-state index in [1.165, 1.54) is 38.5 Å². The van der Waals surface area contributed by atoms with Gasteiger partial charge >= 0.3 is 25.7 Å². The summed E-state index contributed by atoms with van der Waals surface area (Å²) in [6.45, 7) is 4.26. The average Bonchev–Trinajstić information content (AvgIpc) is 3.37. The predicted octanol–water partition coefficient (Wildman–Crippen LogP) is 16.2. The lowest BCUT2D eigenvalue weighted by Crippen LogP contribution is -2.30. The molecule has 12 heteroatoms. The van der Waals surface area contributed by atoms with Gasteiger partial charge in [-0.15, -0.1) is 0 Å². The lowest BCUT2D eigenvalue weighted by molar-refractivity contribution is -0.161. The molecule has 0 aromatic rings. The number of rotatable bonds is 50. The summed E-state index contributed by atoms with van der Waals surface area (Å²) in [7, 11) is -4.78. The van der Waals surface area contributed by atoms with Crippen molar-refractivity contribution in [3.05, 3.63) is 109 Å². The summed E-state index contributed by atoms with van der Waals surface area (Å²) in [6, 6.07) is 0. The number of hydrogen-bond acceptors (Lipinski definition) is 10. The summed E-state index contributed by atoms with van der Waals surface area (Å²) >= 11 is 0. The fourth-order valence-electron chi connectivity index (χ4n) is 7.03. The van der Waals surface area contributed by atoms with Crippen LogP contribution < -0.4 is 0 Å². The molecule has 0 spiro atoms. The second kappa shape index (κ2) is 53.4. The van der Waals surface area contributed by atoms with E-state index < -0.39 is 64.4 Å². The van der Waals surface area contributed by atoms with Crippen molar-refractivity contribution in [3.63, 3.8) is 0 Å². The first-order valence-corrected chi connectivity index (χ1v) is 29.3. The van der Waals surface area contributed by atoms with Crippen LogP contribution in [0.1, 0.15) is 213 Å². The van der Waals surface area contributed by atoms with Gasteiger partial charge in [-0.3, -0.25) is 23.4 Å². The van der Waals surface area contributed by atoms with Gasteiger partial charge in [0.05, 0.1) is 26.2 Å². The van der Waals surface area contributed by atoms with Gasteiger partial charge in [0.25, 0.3) is 0 Å². The standard InChI is InChI=1S/C60H99O11P/c1-4-7-10-13-16-19-22-25-28-31-34-37-40-43-46-49-58(62)67-53-57(71-60(64)51-48-45-42-39-36-33-30-27-24-21-18-15-12-9-6-3)55-69-72(65,66)68-54-56(52-61)70-59(63)50-47-44-41-38-35-32-29-26-23-20-17-14-11-8-5-2/h7,9-10,12,16,18-19,21,25-30,34,37,43,46,56-57,61H,4-6,8,11,13-15,17,20,22-24,31-33,35-36,38-42,44-45,47-55H2,1-3H3,(H,65,66)/b10-7-,12-9-,19-16-,21-18-,28-25-,29-26-,30-27-,37-34-,46-43-. The van der Waals surface area contributed by atoms with Gasteiger partial charge in [-0.1, -0.05) is 201 Å². The van der Waals surface area contributed by atoms with Crippen molar-refractivity contribution in [1.82, 2.24) is 0 Å². The molecular weight excluding hydrogens is 928 g/mol. The summed E-state index contributed by atoms with van der Waals surface area (Å²) in [5.41, 5.74) is 0. The van der Waals surface area contributed by atoms with Crippen molar-refractivity contribution in [1.29, 1.82) is 0 Å². The van der Waals surface area contributed by atoms with Gasteiger partial charge in [0.2, 0.25) is 0 Å². The van der Waals surface area contributed by atoms with E-state index in [-0.39, 0.29) is 19.3 Å². The molecule has 3 atom stereocenters. The van der Waals surface area contributed by atoms with Gasteiger partial charge in [-0.2, -0.15) is 0 Å². The molecule has 0 aromatic heterocycles. The molecule has 11 nitrogen and oxygen atoms in total. The molecule has 410 valence electrons. The fourth-order valence-corrected chi connectivity index (χ4v) is 7.81. The molecule has 0 saturated heterocycles. The Bertz CT molecular complexity index is 1620. The molecule has 0 aromatic carbocycles. The van der Waals surface area contributed by atoms with Crippen molar-refractivity contribution >= 4 is 25.7 Å². The predicted molar refractivity (Wildman–Crippen MR) is 297 cm³/mol. The first-order chi connectivity index (χ1) is 35.2. The molecule has 0 rings (SSSR count). The molecular formula is C60H99O11P. The fraction of sp³-hybridized carbons (Fsp3) is 0.650. The van der Waals surface area contributed by atoms with Crippen LogP contribution in [0, 0.1) is 0 Å². The number of aliphatic hydroxyl groups excluding tert-OH is 1. The van der Waals surface area contributed by atoms with Crippen LogP contribution in [0.15, 0.2) is 109 Å². The highest BCUT2D eigenvalue weighted by molar-refractivity contribution is 7.47. The van der Waals surface area contributed by atoms with E-state index >= 15 is 0 Å². The van der Waals surface area contributed by atoms with Gasteiger partial charge < -0.3 is 24.2 Å². The van der Waals surface area contributed by atoms with E-state index in [4.69, 9.17) is 23.3 Å². The van der Waals surface area contributed by atoms with Crippen molar-refractivity contribution < 1.29 is 52.2 Å². The highest BCUT2D eigenvalue weighted by atomic mass is 31.2. The van der Waals surface area contributed by atoms with Gasteiger partial charge in [0.15, 0.2) is 6.10 Å². The largest absolute Gasteiger partial charge is 0.472 e. The van der Waals surface area contributed by atoms with Crippen LogP contribution >= 0.6 is 7.82 Å². The molecule has 0 aliphatic heterocycles. The molecule has 0 amide bonds. The number of ether oxygens (including phenoxy) is 3. The Morgan fingerprint density at radius 3 is 1.19 bits per heavy atom. The SMILES string of the molecule is CC/C=C\C/C=C\C/C=C\C/C=C\C/C=C\CC(=O)OCC(COP(=O)(O)OCC(CO)OC(=O)CCCCCCC/C=C\CCCCCCCC)OC(=O)CCCCCCC/C=C\C/C=C\C/C=C\CC. The number of unbranched alkanes of at least 4 members (excludes halogenated alkanes) is 16. The molecule has 0 saturated carbocycles. The Hall–Kier alpha value is -3.86. The van der Waals surface area contributed by atoms with E-state index in [1.54, 1.807) is 6.08 Å². The molecule has 0 fully saturated rings. The number of aliphatic hydroxyl groups is 1. The summed E-state index contributed by atoms with van der Waals surface area (Å²) in [6.07, 6.45) is 63.6. The second-order valence-electron chi connectivity index (χ2n) is 18.0. The third kappa shape index (κ3) is 51.1. The number of esters is 3. The zero-order chi connectivity index (χ0) is 52.7.